The maximum Gasteiger partial charge on any atom is 0.416 e. The maximum absolute atomic E-state index is 12.9. The zero-order chi connectivity index (χ0) is 19.2. The summed E-state index contributed by atoms with van der Waals surface area (Å²) in [6, 6.07) is 1.30. The van der Waals surface area contributed by atoms with Crippen LogP contribution in [0, 0.1) is 0 Å². The first-order valence-electron chi connectivity index (χ1n) is 6.73. The molecule has 1 aromatic rings. The molecule has 11 heteroatoms. The van der Waals surface area contributed by atoms with Crippen LogP contribution in [-0.4, -0.2) is 23.3 Å². The smallest absolute Gasteiger partial charge is 0.371 e. The molecule has 0 spiro atoms. The van der Waals surface area contributed by atoms with Crippen molar-refractivity contribution in [2.24, 2.45) is 10.2 Å². The van der Waals surface area contributed by atoms with Crippen molar-refractivity contribution < 1.29 is 22.2 Å². The normalized spacial score (nSPS) is 21.6. The van der Waals surface area contributed by atoms with Crippen molar-refractivity contribution in [3.63, 3.8) is 0 Å². The van der Waals surface area contributed by atoms with Gasteiger partial charge in [0, 0.05) is 28.9 Å². The fraction of sp³-hybridized carbons (Fsp3) is 0.357. The molecule has 0 aromatic heterocycles. The van der Waals surface area contributed by atoms with Gasteiger partial charge in [-0.3, -0.25) is 9.00 Å². The van der Waals surface area contributed by atoms with Gasteiger partial charge in [0.05, 0.1) is 16.4 Å². The number of hydrogen-bond acceptors (Lipinski definition) is 5. The third-order valence-electron chi connectivity index (χ3n) is 3.61. The molecule has 2 atom stereocenters. The van der Waals surface area contributed by atoms with Gasteiger partial charge in [-0.05, 0) is 19.1 Å². The highest BCUT2D eigenvalue weighted by Crippen LogP contribution is 2.49. The number of rotatable bonds is 4. The lowest BCUT2D eigenvalue weighted by molar-refractivity contribution is -0.137. The van der Waals surface area contributed by atoms with Crippen molar-refractivity contribution in [3.8, 4) is 0 Å². The number of alkyl halides is 3. The lowest BCUT2D eigenvalue weighted by Crippen LogP contribution is -2.36. The standard InChI is InChI=1S/C14H12Cl2F3N3O2S/c1-6(23)13(11(25(3)24)12(20-2)21-22-13)10-8(15)4-7(5-9(10)16)14(17,18)19/h4-5,20H,1-3H3. The van der Waals surface area contributed by atoms with Crippen LogP contribution < -0.4 is 5.32 Å². The molecule has 1 aliphatic rings. The Morgan fingerprint density at radius 3 is 2.16 bits per heavy atom. The minimum absolute atomic E-state index is 0.0222. The third-order valence-corrected chi connectivity index (χ3v) is 5.27. The summed E-state index contributed by atoms with van der Waals surface area (Å²) < 4.78 is 51.0. The highest BCUT2D eigenvalue weighted by atomic mass is 35.5. The molecule has 0 amide bonds. The second kappa shape index (κ2) is 6.69. The number of halogens is 5. The second-order valence-electron chi connectivity index (χ2n) is 5.16. The molecule has 2 unspecified atom stereocenters. The first-order valence-corrected chi connectivity index (χ1v) is 9.04. The van der Waals surface area contributed by atoms with Gasteiger partial charge in [-0.2, -0.15) is 18.3 Å². The Kier molecular flexibility index (Phi) is 5.32. The zero-order valence-corrected chi connectivity index (χ0v) is 15.5. The van der Waals surface area contributed by atoms with Crippen molar-refractivity contribution in [3.05, 3.63) is 44.0 Å². The van der Waals surface area contributed by atoms with Crippen molar-refractivity contribution >= 4 is 39.8 Å². The largest absolute Gasteiger partial charge is 0.416 e. The van der Waals surface area contributed by atoms with Crippen LogP contribution in [0.5, 0.6) is 0 Å². The van der Waals surface area contributed by atoms with Crippen LogP contribution in [0.25, 0.3) is 0 Å². The lowest BCUT2D eigenvalue weighted by atomic mass is 9.86. The summed E-state index contributed by atoms with van der Waals surface area (Å²) in [4.78, 5) is 12.4. The Labute approximate surface area is 153 Å². The number of carbonyl (C=O) groups is 1. The van der Waals surface area contributed by atoms with E-state index in [1.165, 1.54) is 13.3 Å². The summed E-state index contributed by atoms with van der Waals surface area (Å²) in [6.07, 6.45) is -3.37. The van der Waals surface area contributed by atoms with Gasteiger partial charge in [0.15, 0.2) is 11.6 Å². The van der Waals surface area contributed by atoms with Gasteiger partial charge in [0.1, 0.15) is 4.91 Å². The molecule has 1 aromatic carbocycles. The van der Waals surface area contributed by atoms with E-state index in [1.807, 2.05) is 0 Å². The Hall–Kier alpha value is -1.45. The Morgan fingerprint density at radius 2 is 1.80 bits per heavy atom. The van der Waals surface area contributed by atoms with E-state index in [-0.39, 0.29) is 16.3 Å². The SMILES string of the molecule is CNC1=C(S(C)=O)C(C(C)=O)(c2c(Cl)cc(C(F)(F)F)cc2Cl)N=N1. The number of ketones is 1. The second-order valence-corrected chi connectivity index (χ2v) is 7.29. The molecular formula is C14H12Cl2F3N3O2S. The van der Waals surface area contributed by atoms with Crippen LogP contribution in [0.4, 0.5) is 13.2 Å². The molecule has 2 rings (SSSR count). The summed E-state index contributed by atoms with van der Waals surface area (Å²) in [5.41, 5.74) is -3.21. The van der Waals surface area contributed by atoms with Crippen LogP contribution in [-0.2, 0) is 27.3 Å². The highest BCUT2D eigenvalue weighted by molar-refractivity contribution is 7.88. The molecule has 0 aliphatic carbocycles. The molecule has 0 radical (unpaired) electrons. The number of hydrogen-bond donors (Lipinski definition) is 1. The van der Waals surface area contributed by atoms with Gasteiger partial charge < -0.3 is 5.32 Å². The predicted octanol–water partition coefficient (Wildman–Crippen LogP) is 4.03. The van der Waals surface area contributed by atoms with E-state index >= 15 is 0 Å². The molecule has 1 N–H and O–H groups in total. The molecule has 0 saturated heterocycles. The van der Waals surface area contributed by atoms with Crippen LogP contribution in [0.3, 0.4) is 0 Å². The van der Waals surface area contributed by atoms with E-state index in [0.29, 0.717) is 12.1 Å². The number of Topliss-reactive ketones (excluding diaryl/α,β-unsaturated/α-hetero) is 1. The van der Waals surface area contributed by atoms with E-state index in [4.69, 9.17) is 23.2 Å². The van der Waals surface area contributed by atoms with Gasteiger partial charge in [-0.15, -0.1) is 5.11 Å². The Morgan fingerprint density at radius 1 is 1.28 bits per heavy atom. The van der Waals surface area contributed by atoms with E-state index in [1.54, 1.807) is 0 Å². The minimum atomic E-state index is -4.67. The quantitative estimate of drug-likeness (QED) is 0.809. The van der Waals surface area contributed by atoms with Gasteiger partial charge in [-0.25, -0.2) is 0 Å². The van der Waals surface area contributed by atoms with Crippen molar-refractivity contribution in [2.45, 2.75) is 18.6 Å². The molecule has 5 nitrogen and oxygen atoms in total. The minimum Gasteiger partial charge on any atom is -0.371 e. The molecule has 1 aliphatic heterocycles. The van der Waals surface area contributed by atoms with E-state index < -0.39 is 43.9 Å². The zero-order valence-electron chi connectivity index (χ0n) is 13.2. The van der Waals surface area contributed by atoms with Crippen molar-refractivity contribution in [2.75, 3.05) is 13.3 Å². The maximum atomic E-state index is 12.9. The average Bonchev–Trinajstić information content (AvgIpc) is 2.86. The van der Waals surface area contributed by atoms with E-state index in [2.05, 4.69) is 15.5 Å². The van der Waals surface area contributed by atoms with Crippen LogP contribution in [0.15, 0.2) is 33.1 Å². The number of nitrogens with one attached hydrogen (secondary N) is 1. The number of nitrogens with zero attached hydrogens (tertiary/aromatic N) is 2. The monoisotopic (exact) mass is 413 g/mol. The first kappa shape index (κ1) is 19.9. The highest BCUT2D eigenvalue weighted by Gasteiger charge is 2.51. The van der Waals surface area contributed by atoms with E-state index in [0.717, 1.165) is 6.92 Å². The van der Waals surface area contributed by atoms with Gasteiger partial charge in [0.2, 0.25) is 5.54 Å². The van der Waals surface area contributed by atoms with Gasteiger partial charge in [-0.1, -0.05) is 23.2 Å². The fourth-order valence-electron chi connectivity index (χ4n) is 2.55. The van der Waals surface area contributed by atoms with Crippen molar-refractivity contribution in [1.82, 2.24) is 5.32 Å². The number of azo groups is 1. The molecule has 25 heavy (non-hydrogen) atoms. The Bertz CT molecular complexity index is 816. The van der Waals surface area contributed by atoms with Gasteiger partial charge >= 0.3 is 6.18 Å². The van der Waals surface area contributed by atoms with Crippen LogP contribution in [0.1, 0.15) is 18.1 Å². The summed E-state index contributed by atoms with van der Waals surface area (Å²) >= 11 is 12.1. The summed E-state index contributed by atoms with van der Waals surface area (Å²) in [6.45, 7) is 1.15. The molecule has 136 valence electrons. The fourth-order valence-corrected chi connectivity index (χ4v) is 4.43. The van der Waals surface area contributed by atoms with E-state index in [9.17, 15) is 22.2 Å². The average molecular weight is 414 g/mol. The molecule has 0 saturated carbocycles. The molecule has 0 bridgehead atoms. The number of benzene rings is 1. The molecule has 1 heterocycles. The van der Waals surface area contributed by atoms with Crippen molar-refractivity contribution in [1.29, 1.82) is 0 Å². The number of carbonyl (C=O) groups excluding carboxylic acids is 1. The lowest BCUT2D eigenvalue weighted by Gasteiger charge is -2.27. The molecular weight excluding hydrogens is 402 g/mol. The predicted molar refractivity (Wildman–Crippen MR) is 88.8 cm³/mol. The van der Waals surface area contributed by atoms with Crippen LogP contribution >= 0.6 is 23.2 Å². The first-order chi connectivity index (χ1) is 11.5. The van der Waals surface area contributed by atoms with Gasteiger partial charge in [0.25, 0.3) is 0 Å². The summed E-state index contributed by atoms with van der Waals surface area (Å²) in [5.74, 6) is -0.557. The van der Waals surface area contributed by atoms with Crippen LogP contribution in [0.2, 0.25) is 10.0 Å². The summed E-state index contributed by atoms with van der Waals surface area (Å²) in [5, 5.41) is 9.52. The summed E-state index contributed by atoms with van der Waals surface area (Å²) in [7, 11) is -0.251. The Balaban J connectivity index is 2.86. The topological polar surface area (TPSA) is 70.9 Å². The third kappa shape index (κ3) is 3.20. The molecule has 0 fully saturated rings.